The van der Waals surface area contributed by atoms with E-state index in [2.05, 4.69) is 0 Å². The summed E-state index contributed by atoms with van der Waals surface area (Å²) in [5.74, 6) is 0. The third kappa shape index (κ3) is 8.31. The molecule has 62 valence electrons. The fraction of sp³-hybridized carbons (Fsp3) is 1.00. The van der Waals surface area contributed by atoms with Gasteiger partial charge in [0.25, 0.3) is 0 Å². The van der Waals surface area contributed by atoms with Crippen molar-refractivity contribution in [2.24, 2.45) is 0 Å². The van der Waals surface area contributed by atoms with Gasteiger partial charge in [-0.25, -0.2) is 0 Å². The molecule has 1 atom stereocenters. The SMILES string of the molecule is CC(O)COCC[SiH2]O[SiH3]. The number of ether oxygens (including phenoxy) is 1. The normalized spacial score (nSPS) is 15.0. The summed E-state index contributed by atoms with van der Waals surface area (Å²) in [5, 5.41) is 8.77. The van der Waals surface area contributed by atoms with E-state index < -0.39 is 0 Å². The number of rotatable bonds is 6. The van der Waals surface area contributed by atoms with Crippen molar-refractivity contribution in [3.05, 3.63) is 0 Å². The van der Waals surface area contributed by atoms with Crippen molar-refractivity contribution in [3.63, 3.8) is 0 Å². The van der Waals surface area contributed by atoms with E-state index in [9.17, 15) is 0 Å². The molecule has 0 fully saturated rings. The van der Waals surface area contributed by atoms with Crippen molar-refractivity contribution < 1.29 is 14.0 Å². The van der Waals surface area contributed by atoms with E-state index in [1.165, 1.54) is 0 Å². The molecule has 0 aliphatic heterocycles. The lowest BCUT2D eigenvalue weighted by Crippen LogP contribution is -2.12. The summed E-state index contributed by atoms with van der Waals surface area (Å²) in [6, 6.07) is 1.07. The Labute approximate surface area is 67.2 Å². The van der Waals surface area contributed by atoms with Gasteiger partial charge in [0.15, 0.2) is 0 Å². The molecule has 1 N–H and O–H groups in total. The second-order valence-corrected chi connectivity index (χ2v) is 5.70. The topological polar surface area (TPSA) is 38.7 Å². The highest BCUT2D eigenvalue weighted by molar-refractivity contribution is 6.34. The summed E-state index contributed by atoms with van der Waals surface area (Å²) in [6.45, 7) is 2.93. The highest BCUT2D eigenvalue weighted by Crippen LogP contribution is 1.85. The molecule has 0 aliphatic rings. The zero-order valence-electron chi connectivity index (χ0n) is 6.67. The van der Waals surface area contributed by atoms with Crippen LogP contribution in [-0.4, -0.2) is 44.7 Å². The number of aliphatic hydroxyl groups is 1. The van der Waals surface area contributed by atoms with Gasteiger partial charge in [0.2, 0.25) is 0 Å². The molecule has 0 saturated carbocycles. The summed E-state index contributed by atoms with van der Waals surface area (Å²) in [6.07, 6.45) is -0.335. The summed E-state index contributed by atoms with van der Waals surface area (Å²) in [5.41, 5.74) is 0. The fourth-order valence-electron chi connectivity index (χ4n) is 0.559. The van der Waals surface area contributed by atoms with Gasteiger partial charge >= 0.3 is 0 Å². The van der Waals surface area contributed by atoms with Crippen molar-refractivity contribution >= 4 is 20.2 Å². The van der Waals surface area contributed by atoms with Crippen LogP contribution in [0.1, 0.15) is 6.92 Å². The van der Waals surface area contributed by atoms with Gasteiger partial charge in [0.05, 0.1) is 12.7 Å². The van der Waals surface area contributed by atoms with Crippen molar-refractivity contribution in [2.75, 3.05) is 13.2 Å². The second-order valence-electron chi connectivity index (χ2n) is 2.27. The minimum Gasteiger partial charge on any atom is -0.468 e. The van der Waals surface area contributed by atoms with Crippen LogP contribution in [0, 0.1) is 0 Å². The molecule has 10 heavy (non-hydrogen) atoms. The van der Waals surface area contributed by atoms with Crippen LogP contribution in [0.2, 0.25) is 6.04 Å². The number of aliphatic hydroxyl groups excluding tert-OH is 1. The van der Waals surface area contributed by atoms with Crippen LogP contribution in [0.5, 0.6) is 0 Å². The fourth-order valence-corrected chi connectivity index (χ4v) is 2.04. The highest BCUT2D eigenvalue weighted by atomic mass is 28.3. The average Bonchev–Trinajstić information content (AvgIpc) is 1.87. The molecule has 0 amide bonds. The average molecular weight is 180 g/mol. The largest absolute Gasteiger partial charge is 0.468 e. The van der Waals surface area contributed by atoms with E-state index in [0.717, 1.165) is 23.1 Å². The Morgan fingerprint density at radius 1 is 1.70 bits per heavy atom. The predicted octanol–water partition coefficient (Wildman–Crippen LogP) is -1.82. The van der Waals surface area contributed by atoms with Gasteiger partial charge in [-0.3, -0.25) is 0 Å². The summed E-state index contributed by atoms with van der Waals surface area (Å²) in [7, 11) is 0.593. The van der Waals surface area contributed by atoms with Crippen LogP contribution in [-0.2, 0) is 8.85 Å². The maximum absolute atomic E-state index is 8.77. The van der Waals surface area contributed by atoms with Crippen molar-refractivity contribution in [1.82, 2.24) is 0 Å². The van der Waals surface area contributed by atoms with Gasteiger partial charge in [-0.2, -0.15) is 0 Å². The van der Waals surface area contributed by atoms with Gasteiger partial charge in [0.1, 0.15) is 20.2 Å². The molecular weight excluding hydrogens is 164 g/mol. The zero-order chi connectivity index (χ0) is 7.82. The van der Waals surface area contributed by atoms with Crippen LogP contribution in [0.15, 0.2) is 0 Å². The molecule has 0 aromatic carbocycles. The van der Waals surface area contributed by atoms with E-state index in [1.54, 1.807) is 6.92 Å². The van der Waals surface area contributed by atoms with Gasteiger partial charge < -0.3 is 14.0 Å². The predicted molar refractivity (Wildman–Crippen MR) is 46.9 cm³/mol. The highest BCUT2D eigenvalue weighted by Gasteiger charge is 1.93. The molecular formula is C5H16O3Si2. The quantitative estimate of drug-likeness (QED) is 0.386. The first kappa shape index (κ1) is 10.3. The molecule has 0 radical (unpaired) electrons. The van der Waals surface area contributed by atoms with Crippen molar-refractivity contribution in [2.45, 2.75) is 19.1 Å². The van der Waals surface area contributed by atoms with E-state index in [-0.39, 0.29) is 15.9 Å². The zero-order valence-corrected chi connectivity index (χ0v) is 10.1. The van der Waals surface area contributed by atoms with Crippen LogP contribution >= 0.6 is 0 Å². The van der Waals surface area contributed by atoms with Gasteiger partial charge in [-0.15, -0.1) is 0 Å². The third-order valence-electron chi connectivity index (χ3n) is 0.996. The molecule has 0 rings (SSSR count). The Hall–Kier alpha value is 0.314. The number of hydrogen-bond acceptors (Lipinski definition) is 3. The standard InChI is InChI=1S/C5H16O3Si2/c1-5(6)4-7-2-3-10-8-9/h5-6H,2-4,10H2,1,9H3. The van der Waals surface area contributed by atoms with Crippen LogP contribution < -0.4 is 0 Å². The number of hydrogen-bond donors (Lipinski definition) is 1. The van der Waals surface area contributed by atoms with E-state index in [4.69, 9.17) is 14.0 Å². The van der Waals surface area contributed by atoms with Crippen LogP contribution in [0.25, 0.3) is 0 Å². The Bertz CT molecular complexity index is 69.9. The monoisotopic (exact) mass is 180 g/mol. The molecule has 0 saturated heterocycles. The maximum Gasteiger partial charge on any atom is 0.147 e. The smallest absolute Gasteiger partial charge is 0.147 e. The van der Waals surface area contributed by atoms with Crippen molar-refractivity contribution in [3.8, 4) is 0 Å². The third-order valence-corrected chi connectivity index (χ3v) is 3.21. The Morgan fingerprint density at radius 3 is 2.90 bits per heavy atom. The molecule has 0 aromatic rings. The van der Waals surface area contributed by atoms with Gasteiger partial charge in [-0.1, -0.05) is 0 Å². The lowest BCUT2D eigenvalue weighted by molar-refractivity contribution is 0.0523. The lowest BCUT2D eigenvalue weighted by Gasteiger charge is -2.04. The maximum atomic E-state index is 8.77. The second kappa shape index (κ2) is 7.42. The minimum absolute atomic E-state index is 0.268. The molecule has 0 spiro atoms. The molecule has 5 heteroatoms. The first-order valence-electron chi connectivity index (χ1n) is 3.52. The molecule has 1 unspecified atom stereocenters. The molecule has 0 aromatic heterocycles. The molecule has 0 heterocycles. The van der Waals surface area contributed by atoms with E-state index in [1.807, 2.05) is 0 Å². The molecule has 0 bridgehead atoms. The Morgan fingerprint density at radius 2 is 2.40 bits per heavy atom. The van der Waals surface area contributed by atoms with Gasteiger partial charge in [-0.05, 0) is 13.0 Å². The first-order chi connectivity index (χ1) is 4.77. The van der Waals surface area contributed by atoms with Crippen molar-refractivity contribution in [1.29, 1.82) is 0 Å². The lowest BCUT2D eigenvalue weighted by atomic mass is 10.4. The van der Waals surface area contributed by atoms with Crippen LogP contribution in [0.4, 0.5) is 0 Å². The van der Waals surface area contributed by atoms with Gasteiger partial charge in [0, 0.05) is 6.61 Å². The minimum atomic E-state index is -0.335. The molecule has 0 aliphatic carbocycles. The Kier molecular flexibility index (Phi) is 7.65. The molecule has 3 nitrogen and oxygen atoms in total. The van der Waals surface area contributed by atoms with E-state index in [0.29, 0.717) is 6.61 Å². The summed E-state index contributed by atoms with van der Waals surface area (Å²) >= 11 is 0. The Balaban J connectivity index is 2.77. The van der Waals surface area contributed by atoms with E-state index >= 15 is 0 Å². The summed E-state index contributed by atoms with van der Waals surface area (Å²) in [4.78, 5) is 0. The first-order valence-corrected chi connectivity index (χ1v) is 5.91. The van der Waals surface area contributed by atoms with Crippen LogP contribution in [0.3, 0.4) is 0 Å². The summed E-state index contributed by atoms with van der Waals surface area (Å²) < 4.78 is 10.2.